The van der Waals surface area contributed by atoms with Crippen molar-refractivity contribution in [1.29, 1.82) is 0 Å². The third-order valence-corrected chi connectivity index (χ3v) is 4.37. The Morgan fingerprint density at radius 1 is 1.12 bits per heavy atom. The molecule has 4 rings (SSSR count). The molecule has 5 nitrogen and oxygen atoms in total. The predicted molar refractivity (Wildman–Crippen MR) is 92.5 cm³/mol. The molecule has 126 valence electrons. The van der Waals surface area contributed by atoms with Gasteiger partial charge in [-0.25, -0.2) is 14.4 Å². The van der Waals surface area contributed by atoms with Crippen LogP contribution in [0.2, 0.25) is 0 Å². The van der Waals surface area contributed by atoms with E-state index in [1.807, 2.05) is 40.4 Å². The number of aromatic nitrogens is 4. The number of hydrogen-bond acceptors (Lipinski definition) is 3. The molecule has 4 aromatic rings. The lowest BCUT2D eigenvalue weighted by Crippen LogP contribution is -2.13. The van der Waals surface area contributed by atoms with Crippen LogP contribution in [0.4, 0.5) is 4.39 Å². The molecule has 0 fully saturated rings. The SMILES string of the molecule is Cn1c(Cn2ccnc2[C@@H](O)c2ccc(F)cc2)nc2ccccc21. The Bertz CT molecular complexity index is 1020. The van der Waals surface area contributed by atoms with Crippen LogP contribution in [0.3, 0.4) is 0 Å². The van der Waals surface area contributed by atoms with Crippen LogP contribution in [0.1, 0.15) is 23.3 Å². The zero-order chi connectivity index (χ0) is 17.4. The summed E-state index contributed by atoms with van der Waals surface area (Å²) in [7, 11) is 1.97. The van der Waals surface area contributed by atoms with E-state index in [0.29, 0.717) is 17.9 Å². The molecule has 6 heteroatoms. The average Bonchev–Trinajstić information content (AvgIpc) is 3.21. The second kappa shape index (κ2) is 6.14. The van der Waals surface area contributed by atoms with Gasteiger partial charge in [0.25, 0.3) is 0 Å². The molecule has 0 aliphatic rings. The monoisotopic (exact) mass is 336 g/mol. The molecule has 0 aliphatic carbocycles. The number of fused-ring (bicyclic) bond motifs is 1. The minimum atomic E-state index is -0.926. The molecule has 25 heavy (non-hydrogen) atoms. The number of aliphatic hydroxyl groups excluding tert-OH is 1. The zero-order valence-corrected chi connectivity index (χ0v) is 13.7. The number of aryl methyl sites for hydroxylation is 1. The van der Waals surface area contributed by atoms with Gasteiger partial charge in [0.2, 0.25) is 0 Å². The lowest BCUT2D eigenvalue weighted by Gasteiger charge is -2.13. The first-order valence-corrected chi connectivity index (χ1v) is 7.98. The first kappa shape index (κ1) is 15.5. The second-order valence-electron chi connectivity index (χ2n) is 5.94. The fraction of sp³-hybridized carbons (Fsp3) is 0.158. The maximum absolute atomic E-state index is 13.1. The lowest BCUT2D eigenvalue weighted by atomic mass is 10.1. The molecule has 2 aromatic heterocycles. The molecule has 1 N–H and O–H groups in total. The quantitative estimate of drug-likeness (QED) is 0.623. The van der Waals surface area contributed by atoms with E-state index in [2.05, 4.69) is 9.97 Å². The Labute approximate surface area is 144 Å². The van der Waals surface area contributed by atoms with Gasteiger partial charge in [0.1, 0.15) is 23.6 Å². The highest BCUT2D eigenvalue weighted by Crippen LogP contribution is 2.22. The summed E-state index contributed by atoms with van der Waals surface area (Å²) in [5, 5.41) is 10.6. The van der Waals surface area contributed by atoms with E-state index in [1.165, 1.54) is 12.1 Å². The van der Waals surface area contributed by atoms with Crippen LogP contribution in [0.5, 0.6) is 0 Å². The molecule has 0 spiro atoms. The van der Waals surface area contributed by atoms with Gasteiger partial charge in [-0.05, 0) is 29.8 Å². The third-order valence-electron chi connectivity index (χ3n) is 4.37. The number of aliphatic hydroxyl groups is 1. The minimum absolute atomic E-state index is 0.334. The van der Waals surface area contributed by atoms with E-state index in [9.17, 15) is 9.50 Å². The smallest absolute Gasteiger partial charge is 0.142 e. The molecule has 0 saturated carbocycles. The van der Waals surface area contributed by atoms with Crippen LogP contribution >= 0.6 is 0 Å². The van der Waals surface area contributed by atoms with Crippen LogP contribution in [0.25, 0.3) is 11.0 Å². The number of imidazole rings is 2. The van der Waals surface area contributed by atoms with E-state index in [0.717, 1.165) is 16.9 Å². The van der Waals surface area contributed by atoms with E-state index in [-0.39, 0.29) is 5.82 Å². The largest absolute Gasteiger partial charge is 0.380 e. The second-order valence-corrected chi connectivity index (χ2v) is 5.94. The van der Waals surface area contributed by atoms with Gasteiger partial charge in [0, 0.05) is 19.4 Å². The maximum atomic E-state index is 13.1. The topological polar surface area (TPSA) is 55.9 Å². The van der Waals surface area contributed by atoms with Crippen molar-refractivity contribution in [3.63, 3.8) is 0 Å². The molecule has 2 heterocycles. The molecule has 2 aromatic carbocycles. The van der Waals surface area contributed by atoms with Crippen molar-refractivity contribution in [1.82, 2.24) is 19.1 Å². The fourth-order valence-electron chi connectivity index (χ4n) is 2.99. The zero-order valence-electron chi connectivity index (χ0n) is 13.7. The van der Waals surface area contributed by atoms with Gasteiger partial charge in [0.15, 0.2) is 0 Å². The van der Waals surface area contributed by atoms with E-state index >= 15 is 0 Å². The summed E-state index contributed by atoms with van der Waals surface area (Å²) >= 11 is 0. The van der Waals surface area contributed by atoms with Gasteiger partial charge in [-0.3, -0.25) is 0 Å². The van der Waals surface area contributed by atoms with Gasteiger partial charge >= 0.3 is 0 Å². The summed E-state index contributed by atoms with van der Waals surface area (Å²) in [6, 6.07) is 13.7. The molecular formula is C19H17FN4O. The summed E-state index contributed by atoms with van der Waals surface area (Å²) in [6.07, 6.45) is 2.52. The van der Waals surface area contributed by atoms with Crippen molar-refractivity contribution in [2.45, 2.75) is 12.6 Å². The van der Waals surface area contributed by atoms with E-state index in [4.69, 9.17) is 0 Å². The number of halogens is 1. The minimum Gasteiger partial charge on any atom is -0.380 e. The number of benzene rings is 2. The molecule has 0 radical (unpaired) electrons. The van der Waals surface area contributed by atoms with Gasteiger partial charge in [-0.1, -0.05) is 24.3 Å². The van der Waals surface area contributed by atoms with Crippen molar-refractivity contribution in [2.75, 3.05) is 0 Å². The van der Waals surface area contributed by atoms with Crippen LogP contribution in [-0.4, -0.2) is 24.2 Å². The van der Waals surface area contributed by atoms with Crippen molar-refractivity contribution in [3.8, 4) is 0 Å². The Kier molecular flexibility index (Phi) is 3.82. The summed E-state index contributed by atoms with van der Waals surface area (Å²) in [5.74, 6) is 1.03. The average molecular weight is 336 g/mol. The Hall–Kier alpha value is -2.99. The number of hydrogen-bond donors (Lipinski definition) is 1. The van der Waals surface area contributed by atoms with Crippen molar-refractivity contribution >= 4 is 11.0 Å². The van der Waals surface area contributed by atoms with Gasteiger partial charge < -0.3 is 14.2 Å². The Morgan fingerprint density at radius 3 is 2.64 bits per heavy atom. The van der Waals surface area contributed by atoms with Gasteiger partial charge in [0.05, 0.1) is 17.6 Å². The number of para-hydroxylation sites is 2. The van der Waals surface area contributed by atoms with Crippen molar-refractivity contribution in [3.05, 3.63) is 84.0 Å². The first-order chi connectivity index (χ1) is 12.1. The Morgan fingerprint density at radius 2 is 1.88 bits per heavy atom. The molecule has 0 bridgehead atoms. The van der Waals surface area contributed by atoms with E-state index < -0.39 is 6.10 Å². The van der Waals surface area contributed by atoms with Crippen LogP contribution in [0, 0.1) is 5.82 Å². The number of rotatable bonds is 4. The molecule has 0 saturated heterocycles. The molecule has 0 amide bonds. The van der Waals surface area contributed by atoms with Gasteiger partial charge in [-0.15, -0.1) is 0 Å². The molecule has 0 aliphatic heterocycles. The van der Waals surface area contributed by atoms with Crippen LogP contribution in [0.15, 0.2) is 60.9 Å². The van der Waals surface area contributed by atoms with E-state index in [1.54, 1.807) is 24.5 Å². The van der Waals surface area contributed by atoms with Crippen molar-refractivity contribution < 1.29 is 9.50 Å². The van der Waals surface area contributed by atoms with Crippen LogP contribution < -0.4 is 0 Å². The lowest BCUT2D eigenvalue weighted by molar-refractivity contribution is 0.205. The summed E-state index contributed by atoms with van der Waals surface area (Å²) in [5.41, 5.74) is 2.58. The molecule has 0 unspecified atom stereocenters. The first-order valence-electron chi connectivity index (χ1n) is 7.98. The van der Waals surface area contributed by atoms with Gasteiger partial charge in [-0.2, -0.15) is 0 Å². The normalized spacial score (nSPS) is 12.6. The Balaban J connectivity index is 1.67. The van der Waals surface area contributed by atoms with Crippen LogP contribution in [-0.2, 0) is 13.6 Å². The highest BCUT2D eigenvalue weighted by molar-refractivity contribution is 5.75. The molecule has 1 atom stereocenters. The summed E-state index contributed by atoms with van der Waals surface area (Å²) < 4.78 is 17.0. The predicted octanol–water partition coefficient (Wildman–Crippen LogP) is 3.04. The number of nitrogens with zero attached hydrogens (tertiary/aromatic N) is 4. The van der Waals surface area contributed by atoms with Crippen molar-refractivity contribution in [2.24, 2.45) is 7.05 Å². The summed E-state index contributed by atoms with van der Waals surface area (Å²) in [6.45, 7) is 0.485. The molecular weight excluding hydrogens is 319 g/mol. The third kappa shape index (κ3) is 2.81. The highest BCUT2D eigenvalue weighted by atomic mass is 19.1. The standard InChI is InChI=1S/C19H17FN4O/c1-23-16-5-3-2-4-15(16)22-17(23)12-24-11-10-21-19(24)18(25)13-6-8-14(20)9-7-13/h2-11,18,25H,12H2,1H3/t18-/m0/s1. The highest BCUT2D eigenvalue weighted by Gasteiger charge is 2.18. The summed E-state index contributed by atoms with van der Waals surface area (Å²) in [4.78, 5) is 8.93. The maximum Gasteiger partial charge on any atom is 0.142 e. The fourth-order valence-corrected chi connectivity index (χ4v) is 2.99.